The maximum absolute atomic E-state index is 11.9. The Morgan fingerprint density at radius 1 is 1.44 bits per heavy atom. The third kappa shape index (κ3) is 3.96. The van der Waals surface area contributed by atoms with E-state index in [1.807, 2.05) is 20.8 Å². The van der Waals surface area contributed by atoms with Gasteiger partial charge >= 0.3 is 0 Å². The summed E-state index contributed by atoms with van der Waals surface area (Å²) in [5, 5.41) is 16.6. The molecule has 0 radical (unpaired) electrons. The van der Waals surface area contributed by atoms with Gasteiger partial charge in [-0.15, -0.1) is 0 Å². The Kier molecular flexibility index (Phi) is 5.55. The van der Waals surface area contributed by atoms with Gasteiger partial charge in [0.1, 0.15) is 4.88 Å². The predicted octanol–water partition coefficient (Wildman–Crippen LogP) is 1.86. The van der Waals surface area contributed by atoms with Gasteiger partial charge in [-0.25, -0.2) is 4.98 Å². The molecule has 102 valence electrons. The summed E-state index contributed by atoms with van der Waals surface area (Å²) in [6, 6.07) is 0. The molecule has 1 amide bonds. The third-order valence-corrected chi connectivity index (χ3v) is 3.91. The fourth-order valence-electron chi connectivity index (χ4n) is 1.44. The highest BCUT2D eigenvalue weighted by molar-refractivity contribution is 7.17. The first-order chi connectivity index (χ1) is 8.54. The first-order valence-electron chi connectivity index (χ1n) is 6.25. The lowest BCUT2D eigenvalue weighted by atomic mass is 9.98. The standard InChI is InChI=1S/C12H21N3O2S/c1-4-12(17,5-2)8-15-10(16)9-7-14-11(18-9)13-6-3/h7,17H,4-6,8H2,1-3H3,(H,13,14)(H,15,16). The molecule has 18 heavy (non-hydrogen) atoms. The number of amides is 1. The molecule has 0 fully saturated rings. The van der Waals surface area contributed by atoms with Crippen molar-refractivity contribution in [2.45, 2.75) is 39.2 Å². The van der Waals surface area contributed by atoms with E-state index in [9.17, 15) is 9.90 Å². The molecule has 0 aliphatic heterocycles. The molecule has 1 heterocycles. The van der Waals surface area contributed by atoms with Crippen LogP contribution < -0.4 is 10.6 Å². The highest BCUT2D eigenvalue weighted by Gasteiger charge is 2.23. The van der Waals surface area contributed by atoms with Crippen LogP contribution in [0.15, 0.2) is 6.20 Å². The molecule has 0 spiro atoms. The van der Waals surface area contributed by atoms with Gasteiger partial charge in [0, 0.05) is 13.1 Å². The number of rotatable bonds is 7. The van der Waals surface area contributed by atoms with Gasteiger partial charge in [0.15, 0.2) is 5.13 Å². The van der Waals surface area contributed by atoms with Crippen LogP contribution in [0.2, 0.25) is 0 Å². The predicted molar refractivity (Wildman–Crippen MR) is 74.1 cm³/mol. The van der Waals surface area contributed by atoms with Gasteiger partial charge in [-0.1, -0.05) is 25.2 Å². The largest absolute Gasteiger partial charge is 0.388 e. The molecule has 1 aromatic heterocycles. The molecule has 0 aromatic carbocycles. The number of hydrogen-bond donors (Lipinski definition) is 3. The minimum absolute atomic E-state index is 0.183. The first kappa shape index (κ1) is 14.9. The molecule has 5 nitrogen and oxygen atoms in total. The molecule has 0 bridgehead atoms. The topological polar surface area (TPSA) is 74.2 Å². The van der Waals surface area contributed by atoms with E-state index in [0.29, 0.717) is 17.7 Å². The van der Waals surface area contributed by atoms with Crippen molar-refractivity contribution >= 4 is 22.4 Å². The van der Waals surface area contributed by atoms with Gasteiger partial charge in [0.05, 0.1) is 11.8 Å². The molecule has 6 heteroatoms. The van der Waals surface area contributed by atoms with Crippen LogP contribution in [-0.2, 0) is 0 Å². The fourth-order valence-corrected chi connectivity index (χ4v) is 2.24. The van der Waals surface area contributed by atoms with Crippen molar-refractivity contribution < 1.29 is 9.90 Å². The smallest absolute Gasteiger partial charge is 0.263 e. The molecule has 0 saturated heterocycles. The number of carbonyl (C=O) groups excluding carboxylic acids is 1. The van der Waals surface area contributed by atoms with E-state index in [1.165, 1.54) is 11.3 Å². The van der Waals surface area contributed by atoms with Gasteiger partial charge in [-0.05, 0) is 19.8 Å². The number of anilines is 1. The Labute approximate surface area is 112 Å². The van der Waals surface area contributed by atoms with Gasteiger partial charge in [-0.3, -0.25) is 4.79 Å². The van der Waals surface area contributed by atoms with Gasteiger partial charge in [0.2, 0.25) is 0 Å². The van der Waals surface area contributed by atoms with Crippen molar-refractivity contribution in [2.24, 2.45) is 0 Å². The molecule has 3 N–H and O–H groups in total. The van der Waals surface area contributed by atoms with Crippen LogP contribution >= 0.6 is 11.3 Å². The summed E-state index contributed by atoms with van der Waals surface area (Å²) in [4.78, 5) is 16.5. The minimum atomic E-state index is -0.815. The van der Waals surface area contributed by atoms with E-state index in [4.69, 9.17) is 0 Å². The zero-order chi connectivity index (χ0) is 13.6. The van der Waals surface area contributed by atoms with Gasteiger partial charge < -0.3 is 15.7 Å². The average molecular weight is 271 g/mol. The first-order valence-corrected chi connectivity index (χ1v) is 7.06. The minimum Gasteiger partial charge on any atom is -0.388 e. The maximum atomic E-state index is 11.9. The second-order valence-corrected chi connectivity index (χ2v) is 5.20. The molecule has 0 aliphatic carbocycles. The second kappa shape index (κ2) is 6.70. The lowest BCUT2D eigenvalue weighted by Gasteiger charge is -2.25. The molecule has 0 aliphatic rings. The number of aromatic nitrogens is 1. The summed E-state index contributed by atoms with van der Waals surface area (Å²) < 4.78 is 0. The quantitative estimate of drug-likeness (QED) is 0.707. The van der Waals surface area contributed by atoms with E-state index in [1.54, 1.807) is 6.20 Å². The van der Waals surface area contributed by atoms with Crippen LogP contribution in [0.25, 0.3) is 0 Å². The van der Waals surface area contributed by atoms with E-state index in [0.717, 1.165) is 11.7 Å². The van der Waals surface area contributed by atoms with E-state index in [-0.39, 0.29) is 12.5 Å². The zero-order valence-electron chi connectivity index (χ0n) is 11.1. The van der Waals surface area contributed by atoms with Crippen LogP contribution in [0.4, 0.5) is 5.13 Å². The van der Waals surface area contributed by atoms with Crippen molar-refractivity contribution in [3.8, 4) is 0 Å². The summed E-state index contributed by atoms with van der Waals surface area (Å²) >= 11 is 1.32. The van der Waals surface area contributed by atoms with Crippen molar-refractivity contribution in [1.82, 2.24) is 10.3 Å². The zero-order valence-corrected chi connectivity index (χ0v) is 11.9. The Morgan fingerprint density at radius 3 is 2.67 bits per heavy atom. The van der Waals surface area contributed by atoms with Gasteiger partial charge in [0.25, 0.3) is 5.91 Å². The van der Waals surface area contributed by atoms with Crippen molar-refractivity contribution in [3.63, 3.8) is 0 Å². The normalized spacial score (nSPS) is 11.3. The number of thiazole rings is 1. The lowest BCUT2D eigenvalue weighted by Crippen LogP contribution is -2.41. The lowest BCUT2D eigenvalue weighted by molar-refractivity contribution is 0.0314. The number of carbonyl (C=O) groups is 1. The second-order valence-electron chi connectivity index (χ2n) is 4.17. The molecule has 0 atom stereocenters. The molecular weight excluding hydrogens is 250 g/mol. The van der Waals surface area contributed by atoms with Crippen LogP contribution in [0.3, 0.4) is 0 Å². The Bertz CT molecular complexity index is 388. The van der Waals surface area contributed by atoms with E-state index >= 15 is 0 Å². The SMILES string of the molecule is CCNc1ncc(C(=O)NCC(O)(CC)CC)s1. The Hall–Kier alpha value is -1.14. The highest BCUT2D eigenvalue weighted by atomic mass is 32.1. The van der Waals surface area contributed by atoms with Crippen LogP contribution in [0.1, 0.15) is 43.3 Å². The fraction of sp³-hybridized carbons (Fsp3) is 0.667. The summed E-state index contributed by atoms with van der Waals surface area (Å²) in [5.74, 6) is -0.183. The van der Waals surface area contributed by atoms with E-state index < -0.39 is 5.60 Å². The highest BCUT2D eigenvalue weighted by Crippen LogP contribution is 2.18. The van der Waals surface area contributed by atoms with Crippen LogP contribution in [-0.4, -0.2) is 34.7 Å². The van der Waals surface area contributed by atoms with E-state index in [2.05, 4.69) is 15.6 Å². The average Bonchev–Trinajstić information content (AvgIpc) is 2.85. The maximum Gasteiger partial charge on any atom is 0.263 e. The van der Waals surface area contributed by atoms with Crippen molar-refractivity contribution in [3.05, 3.63) is 11.1 Å². The summed E-state index contributed by atoms with van der Waals surface area (Å²) in [6.07, 6.45) is 2.79. The summed E-state index contributed by atoms with van der Waals surface area (Å²) in [7, 11) is 0. The third-order valence-electron chi connectivity index (χ3n) is 2.95. The molecule has 0 saturated carbocycles. The monoisotopic (exact) mass is 271 g/mol. The van der Waals surface area contributed by atoms with Gasteiger partial charge in [-0.2, -0.15) is 0 Å². The number of hydrogen-bond acceptors (Lipinski definition) is 5. The van der Waals surface area contributed by atoms with Crippen LogP contribution in [0.5, 0.6) is 0 Å². The van der Waals surface area contributed by atoms with Crippen molar-refractivity contribution in [1.29, 1.82) is 0 Å². The Balaban J connectivity index is 2.54. The number of nitrogens with one attached hydrogen (secondary N) is 2. The Morgan fingerprint density at radius 2 is 2.11 bits per heavy atom. The summed E-state index contributed by atoms with van der Waals surface area (Å²) in [6.45, 7) is 6.84. The van der Waals surface area contributed by atoms with Crippen LogP contribution in [0, 0.1) is 0 Å². The molecular formula is C12H21N3O2S. The molecule has 1 aromatic rings. The summed E-state index contributed by atoms with van der Waals surface area (Å²) in [5.41, 5.74) is -0.815. The van der Waals surface area contributed by atoms with Crippen molar-refractivity contribution in [2.75, 3.05) is 18.4 Å². The number of aliphatic hydroxyl groups is 1. The number of nitrogens with zero attached hydrogens (tertiary/aromatic N) is 1. The molecule has 1 rings (SSSR count). The molecule has 0 unspecified atom stereocenters.